The minimum Gasteiger partial charge on any atom is -0.312 e. The molecule has 0 aromatic rings. The Labute approximate surface area is 77.9 Å². The van der Waals surface area contributed by atoms with Crippen LogP contribution in [-0.2, 0) is 0 Å². The molecule has 0 saturated heterocycles. The van der Waals surface area contributed by atoms with Gasteiger partial charge in [-0.1, -0.05) is 40.5 Å². The second-order valence-corrected chi connectivity index (χ2v) is 4.55. The molecule has 0 aromatic heterocycles. The van der Waals surface area contributed by atoms with E-state index in [1.165, 1.54) is 19.3 Å². The Morgan fingerprint density at radius 2 is 1.50 bits per heavy atom. The van der Waals surface area contributed by atoms with Crippen LogP contribution < -0.4 is 5.32 Å². The third kappa shape index (κ3) is 8.06. The lowest BCUT2D eigenvalue weighted by molar-refractivity contribution is 0.430. The zero-order chi connectivity index (χ0) is 9.56. The van der Waals surface area contributed by atoms with Crippen molar-refractivity contribution in [1.29, 1.82) is 0 Å². The summed E-state index contributed by atoms with van der Waals surface area (Å²) in [7, 11) is 0. The Bertz CT molecular complexity index is 97.2. The van der Waals surface area contributed by atoms with Gasteiger partial charge in [0.15, 0.2) is 0 Å². The molecule has 0 radical (unpaired) electrons. The van der Waals surface area contributed by atoms with Crippen molar-refractivity contribution in [1.82, 2.24) is 5.32 Å². The SMILES string of the molecule is CC(C)CCC[C@@H](C)NC(C)C. The number of hydrogen-bond donors (Lipinski definition) is 1. The average Bonchev–Trinajstić information content (AvgIpc) is 1.84. The fourth-order valence-corrected chi connectivity index (χ4v) is 1.48. The summed E-state index contributed by atoms with van der Waals surface area (Å²) in [5.41, 5.74) is 0. The second kappa shape index (κ2) is 6.47. The van der Waals surface area contributed by atoms with Gasteiger partial charge in [0.05, 0.1) is 0 Å². The first-order valence-electron chi connectivity index (χ1n) is 5.28. The maximum atomic E-state index is 3.52. The van der Waals surface area contributed by atoms with Gasteiger partial charge >= 0.3 is 0 Å². The zero-order valence-corrected chi connectivity index (χ0v) is 9.35. The Morgan fingerprint density at radius 3 is 1.92 bits per heavy atom. The summed E-state index contributed by atoms with van der Waals surface area (Å²) in [4.78, 5) is 0. The van der Waals surface area contributed by atoms with Crippen LogP contribution in [0.15, 0.2) is 0 Å². The number of nitrogens with one attached hydrogen (secondary N) is 1. The summed E-state index contributed by atoms with van der Waals surface area (Å²) in [6, 6.07) is 1.31. The van der Waals surface area contributed by atoms with E-state index in [1.807, 2.05) is 0 Å². The summed E-state index contributed by atoms with van der Waals surface area (Å²) < 4.78 is 0. The number of rotatable bonds is 6. The molecular weight excluding hydrogens is 146 g/mol. The maximum Gasteiger partial charge on any atom is 0.00410 e. The highest BCUT2D eigenvalue weighted by Crippen LogP contribution is 2.08. The molecule has 1 N–H and O–H groups in total. The van der Waals surface area contributed by atoms with Crippen molar-refractivity contribution in [2.75, 3.05) is 0 Å². The van der Waals surface area contributed by atoms with E-state index in [9.17, 15) is 0 Å². The molecule has 0 aliphatic heterocycles. The third-order valence-electron chi connectivity index (χ3n) is 2.04. The molecule has 1 nitrogen and oxygen atoms in total. The summed E-state index contributed by atoms with van der Waals surface area (Å²) in [5, 5.41) is 3.52. The molecule has 0 spiro atoms. The van der Waals surface area contributed by atoms with E-state index >= 15 is 0 Å². The standard InChI is InChI=1S/C11H25N/c1-9(2)7-6-8-11(5)12-10(3)4/h9-12H,6-8H2,1-5H3/t11-/m1/s1. The first-order chi connectivity index (χ1) is 5.52. The molecular formula is C11H25N. The Balaban J connectivity index is 3.25. The predicted molar refractivity (Wildman–Crippen MR) is 56.4 cm³/mol. The van der Waals surface area contributed by atoms with Gasteiger partial charge in [0.2, 0.25) is 0 Å². The molecule has 0 aromatic carbocycles. The van der Waals surface area contributed by atoms with Gasteiger partial charge in [-0.3, -0.25) is 0 Å². The minimum atomic E-state index is 0.624. The highest BCUT2D eigenvalue weighted by Gasteiger charge is 2.03. The molecule has 1 heteroatoms. The number of hydrogen-bond acceptors (Lipinski definition) is 1. The first-order valence-corrected chi connectivity index (χ1v) is 5.28. The van der Waals surface area contributed by atoms with Crippen molar-refractivity contribution in [2.24, 2.45) is 5.92 Å². The van der Waals surface area contributed by atoms with Gasteiger partial charge in [-0.05, 0) is 19.3 Å². The topological polar surface area (TPSA) is 12.0 Å². The van der Waals surface area contributed by atoms with Gasteiger partial charge in [0.1, 0.15) is 0 Å². The lowest BCUT2D eigenvalue weighted by atomic mass is 10.0. The van der Waals surface area contributed by atoms with Crippen LogP contribution in [-0.4, -0.2) is 12.1 Å². The predicted octanol–water partition coefficient (Wildman–Crippen LogP) is 3.20. The van der Waals surface area contributed by atoms with E-state index in [4.69, 9.17) is 0 Å². The van der Waals surface area contributed by atoms with E-state index in [0.29, 0.717) is 12.1 Å². The van der Waals surface area contributed by atoms with Crippen LogP contribution >= 0.6 is 0 Å². The van der Waals surface area contributed by atoms with E-state index in [2.05, 4.69) is 39.9 Å². The van der Waals surface area contributed by atoms with Crippen molar-refractivity contribution in [3.63, 3.8) is 0 Å². The molecule has 74 valence electrons. The van der Waals surface area contributed by atoms with Gasteiger partial charge < -0.3 is 5.32 Å². The molecule has 1 atom stereocenters. The normalized spacial score (nSPS) is 14.2. The first kappa shape index (κ1) is 12.0. The molecule has 0 heterocycles. The van der Waals surface area contributed by atoms with Gasteiger partial charge in [-0.2, -0.15) is 0 Å². The highest BCUT2D eigenvalue weighted by molar-refractivity contribution is 4.63. The third-order valence-corrected chi connectivity index (χ3v) is 2.04. The Morgan fingerprint density at radius 1 is 0.917 bits per heavy atom. The molecule has 0 rings (SSSR count). The molecule has 0 fully saturated rings. The lowest BCUT2D eigenvalue weighted by Gasteiger charge is -2.16. The van der Waals surface area contributed by atoms with Crippen molar-refractivity contribution < 1.29 is 0 Å². The van der Waals surface area contributed by atoms with Crippen molar-refractivity contribution in [3.8, 4) is 0 Å². The molecule has 0 unspecified atom stereocenters. The van der Waals surface area contributed by atoms with E-state index in [0.717, 1.165) is 5.92 Å². The van der Waals surface area contributed by atoms with Crippen LogP contribution in [0.1, 0.15) is 53.9 Å². The van der Waals surface area contributed by atoms with Crippen LogP contribution in [0.4, 0.5) is 0 Å². The van der Waals surface area contributed by atoms with Crippen LogP contribution in [0.25, 0.3) is 0 Å². The molecule has 0 aliphatic rings. The lowest BCUT2D eigenvalue weighted by Crippen LogP contribution is -2.32. The Hall–Kier alpha value is -0.0400. The Kier molecular flexibility index (Phi) is 6.45. The van der Waals surface area contributed by atoms with E-state index in [1.54, 1.807) is 0 Å². The van der Waals surface area contributed by atoms with Crippen LogP contribution in [0.3, 0.4) is 0 Å². The quantitative estimate of drug-likeness (QED) is 0.647. The summed E-state index contributed by atoms with van der Waals surface area (Å²) in [5.74, 6) is 0.858. The van der Waals surface area contributed by atoms with Gasteiger partial charge in [-0.25, -0.2) is 0 Å². The van der Waals surface area contributed by atoms with Gasteiger partial charge in [-0.15, -0.1) is 0 Å². The summed E-state index contributed by atoms with van der Waals surface area (Å²) in [6.45, 7) is 11.3. The monoisotopic (exact) mass is 171 g/mol. The van der Waals surface area contributed by atoms with Crippen LogP contribution in [0, 0.1) is 5.92 Å². The molecule has 0 bridgehead atoms. The second-order valence-electron chi connectivity index (χ2n) is 4.55. The zero-order valence-electron chi connectivity index (χ0n) is 9.35. The molecule has 12 heavy (non-hydrogen) atoms. The average molecular weight is 171 g/mol. The smallest absolute Gasteiger partial charge is 0.00410 e. The molecule has 0 saturated carbocycles. The van der Waals surface area contributed by atoms with E-state index in [-0.39, 0.29) is 0 Å². The van der Waals surface area contributed by atoms with E-state index < -0.39 is 0 Å². The van der Waals surface area contributed by atoms with Crippen LogP contribution in [0.2, 0.25) is 0 Å². The van der Waals surface area contributed by atoms with Crippen LogP contribution in [0.5, 0.6) is 0 Å². The van der Waals surface area contributed by atoms with Crippen molar-refractivity contribution >= 4 is 0 Å². The minimum absolute atomic E-state index is 0.624. The fraction of sp³-hybridized carbons (Fsp3) is 1.00. The molecule has 0 aliphatic carbocycles. The summed E-state index contributed by atoms with van der Waals surface area (Å²) in [6.07, 6.45) is 4.04. The van der Waals surface area contributed by atoms with Crippen molar-refractivity contribution in [2.45, 2.75) is 66.0 Å². The molecule has 0 amide bonds. The summed E-state index contributed by atoms with van der Waals surface area (Å²) >= 11 is 0. The highest BCUT2D eigenvalue weighted by atomic mass is 14.9. The maximum absolute atomic E-state index is 3.52. The fourth-order valence-electron chi connectivity index (χ4n) is 1.48. The van der Waals surface area contributed by atoms with Crippen molar-refractivity contribution in [3.05, 3.63) is 0 Å². The largest absolute Gasteiger partial charge is 0.312 e. The van der Waals surface area contributed by atoms with Gasteiger partial charge in [0.25, 0.3) is 0 Å². The van der Waals surface area contributed by atoms with Gasteiger partial charge in [0, 0.05) is 12.1 Å².